The minimum Gasteiger partial charge on any atom is -0.488 e. The van der Waals surface area contributed by atoms with E-state index < -0.39 is 6.03 Å². The lowest BCUT2D eigenvalue weighted by molar-refractivity contribution is -0.125. The summed E-state index contributed by atoms with van der Waals surface area (Å²) < 4.78 is 12.1. The molecule has 3 aromatic carbocycles. The number of amides is 4. The SMILES string of the molecule is C=CC(=O)N1CCC(NC(=O)c2sc3nccc4c3c2NC(=O)N4c2ccc(Oc3cccc(COc4ccccc4C#N)c3)cc2C)C1. The number of carbonyl (C=O) groups excluding carboxylic acids is 3. The van der Waals surface area contributed by atoms with E-state index in [1.165, 1.54) is 17.4 Å². The van der Waals surface area contributed by atoms with E-state index in [-0.39, 0.29) is 24.5 Å². The van der Waals surface area contributed by atoms with Gasteiger partial charge in [0.15, 0.2) is 0 Å². The second-order valence-electron chi connectivity index (χ2n) is 11.6. The lowest BCUT2D eigenvalue weighted by Gasteiger charge is -2.29. The molecule has 0 bridgehead atoms. The Balaban J connectivity index is 1.09. The van der Waals surface area contributed by atoms with Gasteiger partial charge in [-0.15, -0.1) is 11.3 Å². The van der Waals surface area contributed by atoms with E-state index in [0.29, 0.717) is 74.5 Å². The number of rotatable bonds is 9. The summed E-state index contributed by atoms with van der Waals surface area (Å²) in [6.07, 6.45) is 3.53. The molecule has 4 heterocycles. The Morgan fingerprint density at radius 1 is 1.12 bits per heavy atom. The summed E-state index contributed by atoms with van der Waals surface area (Å²) in [5, 5.41) is 16.0. The molecule has 1 saturated heterocycles. The number of ether oxygens (including phenoxy) is 2. The van der Waals surface area contributed by atoms with Crippen molar-refractivity contribution in [3.63, 3.8) is 0 Å². The van der Waals surface area contributed by atoms with E-state index >= 15 is 0 Å². The minimum atomic E-state index is -0.404. The molecule has 12 heteroatoms. The smallest absolute Gasteiger partial charge is 0.331 e. The van der Waals surface area contributed by atoms with E-state index in [0.717, 1.165) is 11.1 Å². The van der Waals surface area contributed by atoms with Gasteiger partial charge in [-0.3, -0.25) is 14.5 Å². The van der Waals surface area contributed by atoms with Gasteiger partial charge in [-0.1, -0.05) is 30.8 Å². The normalized spacial score (nSPS) is 15.0. The fourth-order valence-electron chi connectivity index (χ4n) is 6.06. The number of para-hydroxylation sites is 1. The first kappa shape index (κ1) is 31.4. The van der Waals surface area contributed by atoms with Crippen molar-refractivity contribution in [2.45, 2.75) is 26.0 Å². The molecule has 2 aromatic heterocycles. The van der Waals surface area contributed by atoms with E-state index in [1.54, 1.807) is 46.3 Å². The van der Waals surface area contributed by atoms with Crippen LogP contribution in [0.3, 0.4) is 0 Å². The molecule has 1 atom stereocenters. The first-order chi connectivity index (χ1) is 23.8. The van der Waals surface area contributed by atoms with Gasteiger partial charge in [0.1, 0.15) is 39.6 Å². The highest BCUT2D eigenvalue weighted by Gasteiger charge is 2.34. The van der Waals surface area contributed by atoms with Gasteiger partial charge in [-0.25, -0.2) is 9.78 Å². The van der Waals surface area contributed by atoms with Crippen LogP contribution in [0.1, 0.15) is 32.8 Å². The van der Waals surface area contributed by atoms with Gasteiger partial charge in [-0.2, -0.15) is 5.26 Å². The standard InChI is InChI=1S/C37H30N6O5S/c1-3-31(44)42-16-14-25(20-42)40-35(45)34-33-32-29(13-15-39-36(32)49-34)43(37(46)41-33)28-12-11-27(17-22(28)2)48-26-9-6-7-23(18-26)21-47-30-10-5-4-8-24(30)19-38/h3-13,15,17-18,25H,1,14,16,20-21H2,2H3,(H,40,45)(H,41,46). The molecule has 0 radical (unpaired) electrons. The fourth-order valence-corrected chi connectivity index (χ4v) is 7.09. The first-order valence-electron chi connectivity index (χ1n) is 15.6. The van der Waals surface area contributed by atoms with Gasteiger partial charge in [0.2, 0.25) is 5.91 Å². The second-order valence-corrected chi connectivity index (χ2v) is 12.6. The second kappa shape index (κ2) is 13.1. The third kappa shape index (κ3) is 6.15. The molecular weight excluding hydrogens is 641 g/mol. The average molecular weight is 671 g/mol. The van der Waals surface area contributed by atoms with E-state index in [2.05, 4.69) is 28.3 Å². The molecule has 0 saturated carbocycles. The Kier molecular flexibility index (Phi) is 8.42. The van der Waals surface area contributed by atoms with Crippen LogP contribution < -0.4 is 25.0 Å². The van der Waals surface area contributed by atoms with Crippen molar-refractivity contribution >= 4 is 56.5 Å². The quantitative estimate of drug-likeness (QED) is 0.160. The predicted octanol–water partition coefficient (Wildman–Crippen LogP) is 7.05. The summed E-state index contributed by atoms with van der Waals surface area (Å²) in [6.45, 7) is 6.64. The molecule has 49 heavy (non-hydrogen) atoms. The van der Waals surface area contributed by atoms with Crippen molar-refractivity contribution in [1.29, 1.82) is 5.26 Å². The number of carbonyl (C=O) groups is 3. The number of benzene rings is 3. The van der Waals surface area contributed by atoms with E-state index in [4.69, 9.17) is 9.47 Å². The van der Waals surface area contributed by atoms with Crippen LogP contribution in [0, 0.1) is 18.3 Å². The maximum Gasteiger partial charge on any atom is 0.331 e. The molecule has 2 N–H and O–H groups in total. The highest BCUT2D eigenvalue weighted by Crippen LogP contribution is 2.46. The maximum absolute atomic E-state index is 13.7. The third-order valence-electron chi connectivity index (χ3n) is 8.41. The molecule has 11 nitrogen and oxygen atoms in total. The average Bonchev–Trinajstić information content (AvgIpc) is 3.73. The molecule has 2 aliphatic heterocycles. The number of nitrogens with zero attached hydrogens (tertiary/aromatic N) is 4. The zero-order valence-electron chi connectivity index (χ0n) is 26.4. The summed E-state index contributed by atoms with van der Waals surface area (Å²) in [7, 11) is 0. The molecule has 4 amide bonds. The number of urea groups is 1. The zero-order valence-corrected chi connectivity index (χ0v) is 27.3. The topological polar surface area (TPSA) is 137 Å². The van der Waals surface area contributed by atoms with Crippen LogP contribution in [0.4, 0.5) is 21.9 Å². The molecule has 2 aliphatic rings. The van der Waals surface area contributed by atoms with Crippen LogP contribution in [-0.2, 0) is 11.4 Å². The fraction of sp³-hybridized carbons (Fsp3) is 0.162. The molecule has 1 unspecified atom stereocenters. The largest absolute Gasteiger partial charge is 0.488 e. The summed E-state index contributed by atoms with van der Waals surface area (Å²) in [5.74, 6) is 1.22. The van der Waals surface area contributed by atoms with Crippen molar-refractivity contribution in [3.05, 3.63) is 113 Å². The Bertz CT molecular complexity index is 2190. The molecule has 7 rings (SSSR count). The van der Waals surface area contributed by atoms with Gasteiger partial charge in [-0.05, 0) is 79.1 Å². The number of thiophene rings is 1. The van der Waals surface area contributed by atoms with E-state index in [9.17, 15) is 19.6 Å². The zero-order chi connectivity index (χ0) is 34.1. The van der Waals surface area contributed by atoms with Gasteiger partial charge in [0, 0.05) is 25.3 Å². The van der Waals surface area contributed by atoms with Crippen LogP contribution in [0.15, 0.2) is 91.6 Å². The van der Waals surface area contributed by atoms with Gasteiger partial charge < -0.3 is 25.0 Å². The number of likely N-dealkylation sites (tertiary alicyclic amines) is 1. The number of hydrogen-bond acceptors (Lipinski definition) is 8. The number of aromatic nitrogens is 1. The monoisotopic (exact) mass is 670 g/mol. The Morgan fingerprint density at radius 3 is 2.78 bits per heavy atom. The molecule has 0 spiro atoms. The van der Waals surface area contributed by atoms with Crippen molar-refractivity contribution in [3.8, 4) is 23.3 Å². The summed E-state index contributed by atoms with van der Waals surface area (Å²) in [4.78, 5) is 47.8. The Hall–Kier alpha value is -6.19. The minimum absolute atomic E-state index is 0.166. The molecule has 0 aliphatic carbocycles. The van der Waals surface area contributed by atoms with Crippen LogP contribution in [0.25, 0.3) is 10.2 Å². The number of pyridine rings is 1. The first-order valence-corrected chi connectivity index (χ1v) is 16.4. The summed E-state index contributed by atoms with van der Waals surface area (Å²) in [6, 6.07) is 23.4. The van der Waals surface area contributed by atoms with Crippen molar-refractivity contribution < 1.29 is 23.9 Å². The molecular formula is C37H30N6O5S. The summed E-state index contributed by atoms with van der Waals surface area (Å²) in [5.41, 5.74) is 3.83. The number of hydrogen-bond donors (Lipinski definition) is 2. The van der Waals surface area contributed by atoms with Crippen molar-refractivity contribution in [2.24, 2.45) is 0 Å². The van der Waals surface area contributed by atoms with E-state index in [1.807, 2.05) is 49.4 Å². The summed E-state index contributed by atoms with van der Waals surface area (Å²) >= 11 is 1.21. The predicted molar refractivity (Wildman–Crippen MR) is 187 cm³/mol. The van der Waals surface area contributed by atoms with Gasteiger partial charge in [0.25, 0.3) is 5.91 Å². The van der Waals surface area contributed by atoms with Crippen LogP contribution >= 0.6 is 11.3 Å². The van der Waals surface area contributed by atoms with Gasteiger partial charge >= 0.3 is 6.03 Å². The highest BCUT2D eigenvalue weighted by atomic mass is 32.1. The number of anilines is 3. The van der Waals surface area contributed by atoms with Crippen molar-refractivity contribution in [2.75, 3.05) is 23.3 Å². The molecule has 244 valence electrons. The van der Waals surface area contributed by atoms with Gasteiger partial charge in [0.05, 0.1) is 28.0 Å². The van der Waals surface area contributed by atoms with Crippen LogP contribution in [0.2, 0.25) is 0 Å². The van der Waals surface area contributed by atoms with Crippen LogP contribution in [0.5, 0.6) is 17.2 Å². The van der Waals surface area contributed by atoms with Crippen molar-refractivity contribution in [1.82, 2.24) is 15.2 Å². The lowest BCUT2D eigenvalue weighted by atomic mass is 10.1. The third-order valence-corrected chi connectivity index (χ3v) is 9.50. The maximum atomic E-state index is 13.7. The number of nitrogens with one attached hydrogen (secondary N) is 2. The van der Waals surface area contributed by atoms with Crippen LogP contribution in [-0.4, -0.2) is 46.9 Å². The Labute approximate surface area is 286 Å². The molecule has 1 fully saturated rings. The lowest BCUT2D eigenvalue weighted by Crippen LogP contribution is -2.39. The molecule has 5 aromatic rings. The highest BCUT2D eigenvalue weighted by molar-refractivity contribution is 7.21. The number of nitriles is 1. The number of aryl methyl sites for hydroxylation is 1. The Morgan fingerprint density at radius 2 is 1.96 bits per heavy atom.